The molecule has 5 heteroatoms. The van der Waals surface area contributed by atoms with Gasteiger partial charge in [0.2, 0.25) is 0 Å². The van der Waals surface area contributed by atoms with Crippen LogP contribution in [0.3, 0.4) is 0 Å². The van der Waals surface area contributed by atoms with Crippen LogP contribution in [0.1, 0.15) is 5.56 Å². The van der Waals surface area contributed by atoms with Gasteiger partial charge in [-0.15, -0.1) is 0 Å². The molecule has 1 aromatic rings. The van der Waals surface area contributed by atoms with Gasteiger partial charge in [0.15, 0.2) is 0 Å². The second kappa shape index (κ2) is 5.89. The van der Waals surface area contributed by atoms with Gasteiger partial charge in [-0.3, -0.25) is 4.79 Å². The molecule has 0 atom stereocenters. The SMILES string of the molecule is COC(=O)CN(C)C(=O)Nc1cccc(C)c1. The Morgan fingerprint density at radius 3 is 2.71 bits per heavy atom. The number of anilines is 1. The van der Waals surface area contributed by atoms with Crippen molar-refractivity contribution in [3.05, 3.63) is 29.8 Å². The number of hydrogen-bond donors (Lipinski definition) is 1. The highest BCUT2D eigenvalue weighted by Gasteiger charge is 2.12. The molecule has 0 aliphatic rings. The van der Waals surface area contributed by atoms with Gasteiger partial charge in [-0.05, 0) is 24.6 Å². The zero-order chi connectivity index (χ0) is 12.8. The summed E-state index contributed by atoms with van der Waals surface area (Å²) >= 11 is 0. The van der Waals surface area contributed by atoms with Crippen LogP contribution in [0.5, 0.6) is 0 Å². The number of carbonyl (C=O) groups excluding carboxylic acids is 2. The summed E-state index contributed by atoms with van der Waals surface area (Å²) in [5.74, 6) is -0.452. The molecule has 1 rings (SSSR count). The summed E-state index contributed by atoms with van der Waals surface area (Å²) in [5.41, 5.74) is 1.75. The van der Waals surface area contributed by atoms with Crippen LogP contribution in [0.2, 0.25) is 0 Å². The molecule has 0 saturated carbocycles. The minimum atomic E-state index is -0.452. The number of hydrogen-bond acceptors (Lipinski definition) is 3. The van der Waals surface area contributed by atoms with Gasteiger partial charge in [-0.2, -0.15) is 0 Å². The molecule has 2 amide bonds. The van der Waals surface area contributed by atoms with Crippen LogP contribution in [0.4, 0.5) is 10.5 Å². The average Bonchev–Trinajstić information content (AvgIpc) is 2.28. The maximum Gasteiger partial charge on any atom is 0.325 e. The lowest BCUT2D eigenvalue weighted by molar-refractivity contribution is -0.140. The molecule has 5 nitrogen and oxygen atoms in total. The zero-order valence-corrected chi connectivity index (χ0v) is 10.2. The lowest BCUT2D eigenvalue weighted by Gasteiger charge is -2.16. The number of ether oxygens (including phenoxy) is 1. The van der Waals surface area contributed by atoms with Crippen LogP contribution in [0, 0.1) is 6.92 Å². The highest BCUT2D eigenvalue weighted by Crippen LogP contribution is 2.09. The molecule has 0 bridgehead atoms. The maximum atomic E-state index is 11.7. The molecule has 0 spiro atoms. The number of nitrogens with one attached hydrogen (secondary N) is 1. The topological polar surface area (TPSA) is 58.6 Å². The molecule has 0 fully saturated rings. The van der Waals surface area contributed by atoms with Crippen molar-refractivity contribution >= 4 is 17.7 Å². The number of aryl methyl sites for hydroxylation is 1. The Bertz CT molecular complexity index is 418. The molecular weight excluding hydrogens is 220 g/mol. The monoisotopic (exact) mass is 236 g/mol. The molecule has 92 valence electrons. The minimum Gasteiger partial charge on any atom is -0.468 e. The van der Waals surface area contributed by atoms with Crippen molar-refractivity contribution in [2.45, 2.75) is 6.92 Å². The Morgan fingerprint density at radius 2 is 2.12 bits per heavy atom. The van der Waals surface area contributed by atoms with E-state index in [1.807, 2.05) is 25.1 Å². The number of esters is 1. The quantitative estimate of drug-likeness (QED) is 0.811. The van der Waals surface area contributed by atoms with E-state index in [1.165, 1.54) is 19.1 Å². The van der Waals surface area contributed by atoms with Crippen molar-refractivity contribution < 1.29 is 14.3 Å². The lowest BCUT2D eigenvalue weighted by atomic mass is 10.2. The molecule has 0 aliphatic heterocycles. The first-order chi connectivity index (χ1) is 8.02. The first-order valence-electron chi connectivity index (χ1n) is 5.18. The van der Waals surface area contributed by atoms with E-state index in [1.54, 1.807) is 6.07 Å². The Hall–Kier alpha value is -2.04. The summed E-state index contributed by atoms with van der Waals surface area (Å²) < 4.78 is 4.48. The normalized spacial score (nSPS) is 9.59. The molecule has 0 saturated heterocycles. The van der Waals surface area contributed by atoms with Gasteiger partial charge in [0, 0.05) is 12.7 Å². The van der Waals surface area contributed by atoms with Crippen LogP contribution in [-0.2, 0) is 9.53 Å². The lowest BCUT2D eigenvalue weighted by Crippen LogP contribution is -2.35. The Kier molecular flexibility index (Phi) is 4.51. The Balaban J connectivity index is 2.57. The summed E-state index contributed by atoms with van der Waals surface area (Å²) in [6.45, 7) is 1.86. The van der Waals surface area contributed by atoms with E-state index in [4.69, 9.17) is 0 Å². The third-order valence-electron chi connectivity index (χ3n) is 2.21. The number of carbonyl (C=O) groups is 2. The highest BCUT2D eigenvalue weighted by atomic mass is 16.5. The van der Waals surface area contributed by atoms with E-state index in [-0.39, 0.29) is 12.6 Å². The van der Waals surface area contributed by atoms with Crippen molar-refractivity contribution in [1.29, 1.82) is 0 Å². The largest absolute Gasteiger partial charge is 0.468 e. The minimum absolute atomic E-state index is 0.0752. The number of methoxy groups -OCH3 is 1. The fourth-order valence-electron chi connectivity index (χ4n) is 1.27. The fourth-order valence-corrected chi connectivity index (χ4v) is 1.27. The van der Waals surface area contributed by atoms with Crippen molar-refractivity contribution in [2.24, 2.45) is 0 Å². The summed E-state index contributed by atoms with van der Waals surface area (Å²) in [4.78, 5) is 23.9. The predicted octanol–water partition coefficient (Wildman–Crippen LogP) is 1.63. The van der Waals surface area contributed by atoms with Gasteiger partial charge in [0.1, 0.15) is 6.54 Å². The standard InChI is InChI=1S/C12H16N2O3/c1-9-5-4-6-10(7-9)13-12(16)14(2)8-11(15)17-3/h4-7H,8H2,1-3H3,(H,13,16). The van der Waals surface area contributed by atoms with Crippen LogP contribution in [-0.4, -0.2) is 37.6 Å². The molecule has 0 heterocycles. The number of urea groups is 1. The molecule has 0 aromatic heterocycles. The summed E-state index contributed by atoms with van der Waals surface area (Å²) in [6, 6.07) is 7.08. The van der Waals surface area contributed by atoms with E-state index in [9.17, 15) is 9.59 Å². The van der Waals surface area contributed by atoms with Crippen molar-refractivity contribution in [2.75, 3.05) is 26.0 Å². The zero-order valence-electron chi connectivity index (χ0n) is 10.2. The molecule has 0 radical (unpaired) electrons. The Morgan fingerprint density at radius 1 is 1.41 bits per heavy atom. The van der Waals surface area contributed by atoms with E-state index in [0.717, 1.165) is 5.56 Å². The number of nitrogens with zero attached hydrogens (tertiary/aromatic N) is 1. The number of amides is 2. The Labute approximate surface area is 100 Å². The van der Waals surface area contributed by atoms with Gasteiger partial charge < -0.3 is 15.0 Å². The van der Waals surface area contributed by atoms with Crippen molar-refractivity contribution in [3.8, 4) is 0 Å². The van der Waals surface area contributed by atoms with Crippen LogP contribution >= 0.6 is 0 Å². The van der Waals surface area contributed by atoms with Crippen molar-refractivity contribution in [1.82, 2.24) is 4.90 Å². The van der Waals surface area contributed by atoms with E-state index >= 15 is 0 Å². The third-order valence-corrected chi connectivity index (χ3v) is 2.21. The first-order valence-corrected chi connectivity index (χ1v) is 5.18. The van der Waals surface area contributed by atoms with Crippen LogP contribution in [0.25, 0.3) is 0 Å². The second-order valence-corrected chi connectivity index (χ2v) is 3.73. The van der Waals surface area contributed by atoms with Gasteiger partial charge in [-0.1, -0.05) is 12.1 Å². The maximum absolute atomic E-state index is 11.7. The van der Waals surface area contributed by atoms with Crippen molar-refractivity contribution in [3.63, 3.8) is 0 Å². The molecule has 17 heavy (non-hydrogen) atoms. The molecule has 1 N–H and O–H groups in total. The van der Waals surface area contributed by atoms with Crippen LogP contribution < -0.4 is 5.32 Å². The number of rotatable bonds is 3. The highest BCUT2D eigenvalue weighted by molar-refractivity contribution is 5.91. The molecule has 1 aromatic carbocycles. The van der Waals surface area contributed by atoms with E-state index in [2.05, 4.69) is 10.1 Å². The third kappa shape index (κ3) is 4.14. The summed E-state index contributed by atoms with van der Waals surface area (Å²) in [6.07, 6.45) is 0. The molecule has 0 aliphatic carbocycles. The van der Waals surface area contributed by atoms with Crippen LogP contribution in [0.15, 0.2) is 24.3 Å². The van der Waals surface area contributed by atoms with Gasteiger partial charge in [0.05, 0.1) is 7.11 Å². The molecule has 0 unspecified atom stereocenters. The van der Waals surface area contributed by atoms with E-state index < -0.39 is 5.97 Å². The average molecular weight is 236 g/mol. The predicted molar refractivity (Wildman–Crippen MR) is 64.8 cm³/mol. The van der Waals surface area contributed by atoms with E-state index in [0.29, 0.717) is 5.69 Å². The van der Waals surface area contributed by atoms with Gasteiger partial charge in [0.25, 0.3) is 0 Å². The molecular formula is C12H16N2O3. The van der Waals surface area contributed by atoms with Gasteiger partial charge in [-0.25, -0.2) is 4.79 Å². The number of likely N-dealkylation sites (N-methyl/N-ethyl adjacent to an activating group) is 1. The summed E-state index contributed by atoms with van der Waals surface area (Å²) in [5, 5.41) is 2.69. The number of benzene rings is 1. The van der Waals surface area contributed by atoms with Gasteiger partial charge >= 0.3 is 12.0 Å². The first kappa shape index (κ1) is 13.0. The summed E-state index contributed by atoms with van der Waals surface area (Å²) in [7, 11) is 2.82. The fraction of sp³-hybridized carbons (Fsp3) is 0.333. The smallest absolute Gasteiger partial charge is 0.325 e. The second-order valence-electron chi connectivity index (χ2n) is 3.73.